The van der Waals surface area contributed by atoms with E-state index in [1.165, 1.54) is 0 Å². The molecule has 4 rings (SSSR count). The summed E-state index contributed by atoms with van der Waals surface area (Å²) < 4.78 is 0. The van der Waals surface area contributed by atoms with Gasteiger partial charge in [0.25, 0.3) is 5.91 Å². The quantitative estimate of drug-likeness (QED) is 0.621. The van der Waals surface area contributed by atoms with Crippen molar-refractivity contribution in [3.8, 4) is 0 Å². The van der Waals surface area contributed by atoms with Crippen molar-refractivity contribution in [2.45, 2.75) is 25.9 Å². The van der Waals surface area contributed by atoms with Gasteiger partial charge in [0, 0.05) is 12.7 Å². The first-order valence-electron chi connectivity index (χ1n) is 9.31. The Morgan fingerprint density at radius 2 is 1.33 bits per heavy atom. The second-order valence-corrected chi connectivity index (χ2v) is 7.20. The molecule has 0 radical (unpaired) electrons. The van der Waals surface area contributed by atoms with Crippen molar-refractivity contribution in [2.75, 3.05) is 16.8 Å². The number of carbonyl (C=O) groups excluding carboxylic acids is 1. The summed E-state index contributed by atoms with van der Waals surface area (Å²) in [6, 6.07) is 26.4. The van der Waals surface area contributed by atoms with Crippen LogP contribution < -0.4 is 9.80 Å². The highest BCUT2D eigenvalue weighted by atomic mass is 16.2. The largest absolute Gasteiger partial charge is 0.361 e. The standard InChI is InChI=1S/C24H24N2O/c1-17-11-10-12-18(2)21(17)26-22(19-13-6-4-7-14-19)23(24(26)27)25(3)20-15-8-5-9-16-20/h4-16,22-23H,1-3H3/t22-,23-/m0/s1. The molecule has 1 aliphatic heterocycles. The van der Waals surface area contributed by atoms with Gasteiger partial charge < -0.3 is 4.90 Å². The Kier molecular flexibility index (Phi) is 4.44. The van der Waals surface area contributed by atoms with Crippen LogP contribution >= 0.6 is 0 Å². The maximum atomic E-state index is 13.3. The van der Waals surface area contributed by atoms with Crippen LogP contribution in [0.4, 0.5) is 11.4 Å². The minimum Gasteiger partial charge on any atom is -0.361 e. The summed E-state index contributed by atoms with van der Waals surface area (Å²) in [6.07, 6.45) is 0. The van der Waals surface area contributed by atoms with Crippen molar-refractivity contribution in [1.29, 1.82) is 0 Å². The average molecular weight is 356 g/mol. The SMILES string of the molecule is Cc1cccc(C)c1N1C(=O)[C@@H](N(C)c2ccccc2)[C@@H]1c1ccccc1. The number of aryl methyl sites for hydroxylation is 2. The first kappa shape index (κ1) is 17.3. The lowest BCUT2D eigenvalue weighted by Crippen LogP contribution is -2.65. The molecule has 136 valence electrons. The lowest BCUT2D eigenvalue weighted by Gasteiger charge is -2.52. The summed E-state index contributed by atoms with van der Waals surface area (Å²) in [6.45, 7) is 4.15. The number of hydrogen-bond acceptors (Lipinski definition) is 2. The van der Waals surface area contributed by atoms with E-state index in [0.29, 0.717) is 0 Å². The van der Waals surface area contributed by atoms with Gasteiger partial charge in [-0.25, -0.2) is 0 Å². The van der Waals surface area contributed by atoms with E-state index in [0.717, 1.165) is 28.1 Å². The molecule has 3 nitrogen and oxygen atoms in total. The first-order valence-corrected chi connectivity index (χ1v) is 9.31. The number of benzene rings is 3. The van der Waals surface area contributed by atoms with E-state index >= 15 is 0 Å². The molecular weight excluding hydrogens is 332 g/mol. The van der Waals surface area contributed by atoms with E-state index in [1.54, 1.807) is 0 Å². The van der Waals surface area contributed by atoms with Gasteiger partial charge in [0.05, 0.1) is 11.7 Å². The van der Waals surface area contributed by atoms with Crippen LogP contribution in [-0.4, -0.2) is 19.0 Å². The Morgan fingerprint density at radius 1 is 0.778 bits per heavy atom. The fourth-order valence-electron chi connectivity index (χ4n) is 4.09. The smallest absolute Gasteiger partial charge is 0.252 e. The van der Waals surface area contributed by atoms with Gasteiger partial charge in [-0.1, -0.05) is 66.7 Å². The Balaban J connectivity index is 1.79. The summed E-state index contributed by atoms with van der Waals surface area (Å²) in [5.41, 5.74) is 5.51. The zero-order chi connectivity index (χ0) is 19.0. The van der Waals surface area contributed by atoms with Gasteiger partial charge in [0.2, 0.25) is 0 Å². The van der Waals surface area contributed by atoms with Crippen LogP contribution in [0.1, 0.15) is 22.7 Å². The number of hydrogen-bond donors (Lipinski definition) is 0. The molecule has 3 aromatic rings. The van der Waals surface area contributed by atoms with Crippen molar-refractivity contribution < 1.29 is 4.79 Å². The van der Waals surface area contributed by atoms with Gasteiger partial charge in [0.1, 0.15) is 6.04 Å². The number of carbonyl (C=O) groups is 1. The number of likely N-dealkylation sites (N-methyl/N-ethyl adjacent to an activating group) is 1. The molecule has 3 heteroatoms. The van der Waals surface area contributed by atoms with Gasteiger partial charge in [-0.2, -0.15) is 0 Å². The van der Waals surface area contributed by atoms with Crippen LogP contribution in [0.5, 0.6) is 0 Å². The third kappa shape index (κ3) is 2.89. The molecule has 0 spiro atoms. The Bertz CT molecular complexity index is 932. The van der Waals surface area contributed by atoms with Gasteiger partial charge in [-0.15, -0.1) is 0 Å². The molecule has 27 heavy (non-hydrogen) atoms. The van der Waals surface area contributed by atoms with E-state index in [4.69, 9.17) is 0 Å². The Labute approximate surface area is 160 Å². The predicted molar refractivity (Wildman–Crippen MR) is 111 cm³/mol. The highest BCUT2D eigenvalue weighted by Crippen LogP contribution is 2.44. The second kappa shape index (κ2) is 6.92. The normalized spacial score (nSPS) is 18.9. The van der Waals surface area contributed by atoms with Crippen LogP contribution in [0.15, 0.2) is 78.9 Å². The van der Waals surface area contributed by atoms with Crippen LogP contribution in [0.3, 0.4) is 0 Å². The highest BCUT2D eigenvalue weighted by molar-refractivity contribution is 6.08. The summed E-state index contributed by atoms with van der Waals surface area (Å²) >= 11 is 0. The molecule has 0 unspecified atom stereocenters. The molecule has 1 saturated heterocycles. The molecule has 2 atom stereocenters. The number of β-lactam (4-membered cyclic amide) rings is 1. The first-order chi connectivity index (χ1) is 13.1. The van der Waals surface area contributed by atoms with Crippen molar-refractivity contribution in [2.24, 2.45) is 0 Å². The van der Waals surface area contributed by atoms with Crippen LogP contribution in [0, 0.1) is 13.8 Å². The van der Waals surface area contributed by atoms with E-state index in [-0.39, 0.29) is 18.0 Å². The molecule has 1 heterocycles. The van der Waals surface area contributed by atoms with Gasteiger partial charge in [-0.05, 0) is 42.7 Å². The van der Waals surface area contributed by atoms with Gasteiger partial charge in [0.15, 0.2) is 0 Å². The zero-order valence-corrected chi connectivity index (χ0v) is 16.0. The van der Waals surface area contributed by atoms with E-state index in [2.05, 4.69) is 55.1 Å². The summed E-state index contributed by atoms with van der Waals surface area (Å²) in [7, 11) is 2.01. The van der Waals surface area contributed by atoms with E-state index < -0.39 is 0 Å². The number of nitrogens with zero attached hydrogens (tertiary/aromatic N) is 2. The topological polar surface area (TPSA) is 23.6 Å². The average Bonchev–Trinajstić information content (AvgIpc) is 2.69. The van der Waals surface area contributed by atoms with E-state index in [9.17, 15) is 4.79 Å². The van der Waals surface area contributed by atoms with Gasteiger partial charge in [-0.3, -0.25) is 9.69 Å². The molecule has 1 amide bonds. The summed E-state index contributed by atoms with van der Waals surface area (Å²) in [4.78, 5) is 17.4. The molecule has 0 saturated carbocycles. The van der Waals surface area contributed by atoms with Gasteiger partial charge >= 0.3 is 0 Å². The Hall–Kier alpha value is -3.07. The molecular formula is C24H24N2O. The summed E-state index contributed by atoms with van der Waals surface area (Å²) in [5, 5.41) is 0. The molecule has 0 aromatic heterocycles. The zero-order valence-electron chi connectivity index (χ0n) is 16.0. The minimum atomic E-state index is -0.214. The highest BCUT2D eigenvalue weighted by Gasteiger charge is 2.51. The number of para-hydroxylation sites is 2. The number of rotatable bonds is 4. The fraction of sp³-hybridized carbons (Fsp3) is 0.208. The minimum absolute atomic E-state index is 0.0105. The third-order valence-corrected chi connectivity index (χ3v) is 5.47. The van der Waals surface area contributed by atoms with E-state index in [1.807, 2.05) is 54.4 Å². The molecule has 1 aliphatic rings. The van der Waals surface area contributed by atoms with Crippen molar-refractivity contribution >= 4 is 17.3 Å². The van der Waals surface area contributed by atoms with Crippen molar-refractivity contribution in [3.63, 3.8) is 0 Å². The predicted octanol–water partition coefficient (Wildman–Crippen LogP) is 4.90. The maximum Gasteiger partial charge on any atom is 0.252 e. The molecule has 3 aromatic carbocycles. The maximum absolute atomic E-state index is 13.3. The van der Waals surface area contributed by atoms with Crippen LogP contribution in [0.25, 0.3) is 0 Å². The number of anilines is 2. The molecule has 1 fully saturated rings. The lowest BCUT2D eigenvalue weighted by atomic mass is 9.85. The second-order valence-electron chi connectivity index (χ2n) is 7.20. The fourth-order valence-corrected chi connectivity index (χ4v) is 4.09. The monoisotopic (exact) mass is 356 g/mol. The van der Waals surface area contributed by atoms with Crippen LogP contribution in [-0.2, 0) is 4.79 Å². The lowest BCUT2D eigenvalue weighted by molar-refractivity contribution is -0.126. The molecule has 0 bridgehead atoms. The molecule has 0 aliphatic carbocycles. The molecule has 0 N–H and O–H groups in total. The van der Waals surface area contributed by atoms with Crippen LogP contribution in [0.2, 0.25) is 0 Å². The van der Waals surface area contributed by atoms with Crippen molar-refractivity contribution in [1.82, 2.24) is 0 Å². The third-order valence-electron chi connectivity index (χ3n) is 5.47. The summed E-state index contributed by atoms with van der Waals surface area (Å²) in [5.74, 6) is 0.146. The Morgan fingerprint density at radius 3 is 1.93 bits per heavy atom. The number of amides is 1. The van der Waals surface area contributed by atoms with Crippen molar-refractivity contribution in [3.05, 3.63) is 95.6 Å².